The number of ether oxygens (including phenoxy) is 2. The molecule has 0 aliphatic heterocycles. The van der Waals surface area contributed by atoms with Gasteiger partial charge in [-0.15, -0.1) is 0 Å². The minimum absolute atomic E-state index is 0.307. The van der Waals surface area contributed by atoms with Gasteiger partial charge in [-0.1, -0.05) is 20.8 Å². The van der Waals surface area contributed by atoms with Gasteiger partial charge in [-0.2, -0.15) is 0 Å². The van der Waals surface area contributed by atoms with Crippen molar-refractivity contribution < 1.29 is 9.47 Å². The third-order valence-electron chi connectivity index (χ3n) is 2.74. The first-order chi connectivity index (χ1) is 7.67. The zero-order valence-corrected chi connectivity index (χ0v) is 11.6. The molecule has 0 aliphatic carbocycles. The molecule has 0 heterocycles. The van der Waals surface area contributed by atoms with E-state index < -0.39 is 0 Å². The van der Waals surface area contributed by atoms with Crippen LogP contribution in [0, 0.1) is 5.92 Å². The maximum Gasteiger partial charge on any atom is 0.0750 e. The monoisotopic (exact) mass is 231 g/mol. The summed E-state index contributed by atoms with van der Waals surface area (Å²) in [5.41, 5.74) is 0. The lowest BCUT2D eigenvalue weighted by Crippen LogP contribution is -2.44. The summed E-state index contributed by atoms with van der Waals surface area (Å²) < 4.78 is 10.9. The standard InChI is InChI=1S/C13H29NO2/c1-6-14-12(9-8-10-15-5)13(11(3)4)16-7-2/h11-14H,6-10H2,1-5H3. The summed E-state index contributed by atoms with van der Waals surface area (Å²) >= 11 is 0. The molecule has 0 radical (unpaired) electrons. The van der Waals surface area contributed by atoms with Crippen molar-refractivity contribution in [1.82, 2.24) is 5.32 Å². The van der Waals surface area contributed by atoms with Gasteiger partial charge >= 0.3 is 0 Å². The lowest BCUT2D eigenvalue weighted by atomic mass is 9.95. The molecule has 0 rings (SSSR count). The number of hydrogen-bond acceptors (Lipinski definition) is 3. The third-order valence-corrected chi connectivity index (χ3v) is 2.74. The number of methoxy groups -OCH3 is 1. The van der Waals surface area contributed by atoms with E-state index in [0.717, 1.165) is 32.6 Å². The summed E-state index contributed by atoms with van der Waals surface area (Å²) in [4.78, 5) is 0. The summed E-state index contributed by atoms with van der Waals surface area (Å²) in [6.07, 6.45) is 2.51. The Morgan fingerprint density at radius 2 is 1.88 bits per heavy atom. The molecule has 0 fully saturated rings. The minimum Gasteiger partial charge on any atom is -0.385 e. The van der Waals surface area contributed by atoms with Gasteiger partial charge < -0.3 is 14.8 Å². The summed E-state index contributed by atoms with van der Waals surface area (Å²) in [5, 5.41) is 3.53. The van der Waals surface area contributed by atoms with Gasteiger partial charge in [0.15, 0.2) is 0 Å². The molecule has 0 spiro atoms. The zero-order chi connectivity index (χ0) is 12.4. The number of rotatable bonds is 10. The molecule has 0 aliphatic rings. The first-order valence-electron chi connectivity index (χ1n) is 6.51. The van der Waals surface area contributed by atoms with E-state index in [2.05, 4.69) is 33.0 Å². The fourth-order valence-corrected chi connectivity index (χ4v) is 2.06. The molecule has 2 atom stereocenters. The highest BCUT2D eigenvalue weighted by molar-refractivity contribution is 4.79. The van der Waals surface area contributed by atoms with Gasteiger partial charge in [0.2, 0.25) is 0 Å². The topological polar surface area (TPSA) is 30.5 Å². The number of hydrogen-bond donors (Lipinski definition) is 1. The van der Waals surface area contributed by atoms with E-state index in [9.17, 15) is 0 Å². The van der Waals surface area contributed by atoms with Crippen molar-refractivity contribution in [1.29, 1.82) is 0 Å². The average molecular weight is 231 g/mol. The summed E-state index contributed by atoms with van der Waals surface area (Å²) in [7, 11) is 1.75. The van der Waals surface area contributed by atoms with Crippen molar-refractivity contribution >= 4 is 0 Å². The van der Waals surface area contributed by atoms with Crippen LogP contribution in [0.4, 0.5) is 0 Å². The second kappa shape index (κ2) is 10.1. The van der Waals surface area contributed by atoms with Crippen LogP contribution in [0.2, 0.25) is 0 Å². The molecule has 3 heteroatoms. The van der Waals surface area contributed by atoms with E-state index in [1.54, 1.807) is 7.11 Å². The highest BCUT2D eigenvalue weighted by Gasteiger charge is 2.23. The fraction of sp³-hybridized carbons (Fsp3) is 1.00. The maximum atomic E-state index is 5.85. The molecular formula is C13H29NO2. The smallest absolute Gasteiger partial charge is 0.0750 e. The van der Waals surface area contributed by atoms with Gasteiger partial charge in [-0.25, -0.2) is 0 Å². The summed E-state index contributed by atoms with van der Waals surface area (Å²) in [6.45, 7) is 11.3. The number of nitrogens with one attached hydrogen (secondary N) is 1. The molecule has 2 unspecified atom stereocenters. The largest absolute Gasteiger partial charge is 0.385 e. The predicted octanol–water partition coefficient (Wildman–Crippen LogP) is 2.45. The average Bonchev–Trinajstić information content (AvgIpc) is 2.25. The quantitative estimate of drug-likeness (QED) is 0.586. The zero-order valence-electron chi connectivity index (χ0n) is 11.6. The van der Waals surface area contributed by atoms with Gasteiger partial charge in [0.1, 0.15) is 0 Å². The normalized spacial score (nSPS) is 15.4. The molecular weight excluding hydrogens is 202 g/mol. The third kappa shape index (κ3) is 6.46. The summed E-state index contributed by atoms with van der Waals surface area (Å²) in [6, 6.07) is 0.445. The first-order valence-corrected chi connectivity index (χ1v) is 6.51. The van der Waals surface area contributed by atoms with Crippen molar-refractivity contribution in [3.05, 3.63) is 0 Å². The highest BCUT2D eigenvalue weighted by Crippen LogP contribution is 2.15. The maximum absolute atomic E-state index is 5.85. The van der Waals surface area contributed by atoms with Crippen LogP contribution in [-0.4, -0.2) is 39.0 Å². The van der Waals surface area contributed by atoms with Crippen molar-refractivity contribution in [3.63, 3.8) is 0 Å². The van der Waals surface area contributed by atoms with Crippen molar-refractivity contribution in [2.45, 2.75) is 52.7 Å². The predicted molar refractivity (Wildman–Crippen MR) is 68.8 cm³/mol. The minimum atomic E-state index is 0.307. The molecule has 3 nitrogen and oxygen atoms in total. The Morgan fingerprint density at radius 1 is 1.19 bits per heavy atom. The van der Waals surface area contributed by atoms with Crippen molar-refractivity contribution in [2.75, 3.05) is 26.9 Å². The molecule has 1 N–H and O–H groups in total. The van der Waals surface area contributed by atoms with E-state index in [0.29, 0.717) is 18.1 Å². The van der Waals surface area contributed by atoms with Crippen molar-refractivity contribution in [3.8, 4) is 0 Å². The molecule has 0 aromatic rings. The van der Waals surface area contributed by atoms with Gasteiger partial charge in [0, 0.05) is 26.4 Å². The van der Waals surface area contributed by atoms with Crippen LogP contribution in [-0.2, 0) is 9.47 Å². The van der Waals surface area contributed by atoms with Crippen LogP contribution in [0.1, 0.15) is 40.5 Å². The Hall–Kier alpha value is -0.120. The van der Waals surface area contributed by atoms with E-state index in [-0.39, 0.29) is 0 Å². The Balaban J connectivity index is 4.20. The molecule has 16 heavy (non-hydrogen) atoms. The highest BCUT2D eigenvalue weighted by atomic mass is 16.5. The van der Waals surface area contributed by atoms with Gasteiger partial charge in [-0.05, 0) is 32.2 Å². The van der Waals surface area contributed by atoms with Crippen LogP contribution in [0.15, 0.2) is 0 Å². The van der Waals surface area contributed by atoms with Crippen LogP contribution in [0.5, 0.6) is 0 Å². The lowest BCUT2D eigenvalue weighted by Gasteiger charge is -2.30. The second-order valence-corrected chi connectivity index (χ2v) is 4.46. The van der Waals surface area contributed by atoms with Crippen LogP contribution < -0.4 is 5.32 Å². The Bertz CT molecular complexity index is 151. The van der Waals surface area contributed by atoms with E-state index in [1.807, 2.05) is 0 Å². The van der Waals surface area contributed by atoms with Crippen LogP contribution >= 0.6 is 0 Å². The Kier molecular flexibility index (Phi) is 9.99. The second-order valence-electron chi connectivity index (χ2n) is 4.46. The van der Waals surface area contributed by atoms with Gasteiger partial charge in [-0.3, -0.25) is 0 Å². The first kappa shape index (κ1) is 15.9. The molecule has 0 saturated heterocycles. The lowest BCUT2D eigenvalue weighted by molar-refractivity contribution is 0.0000379. The molecule has 0 saturated carbocycles. The van der Waals surface area contributed by atoms with E-state index in [4.69, 9.17) is 9.47 Å². The molecule has 0 aromatic carbocycles. The van der Waals surface area contributed by atoms with E-state index >= 15 is 0 Å². The van der Waals surface area contributed by atoms with Gasteiger partial charge in [0.05, 0.1) is 6.10 Å². The molecule has 98 valence electrons. The summed E-state index contributed by atoms with van der Waals surface area (Å²) in [5.74, 6) is 0.548. The Labute approximate surface area is 101 Å². The Morgan fingerprint density at radius 3 is 2.31 bits per heavy atom. The van der Waals surface area contributed by atoms with Crippen LogP contribution in [0.3, 0.4) is 0 Å². The van der Waals surface area contributed by atoms with Gasteiger partial charge in [0.25, 0.3) is 0 Å². The van der Waals surface area contributed by atoms with Crippen molar-refractivity contribution in [2.24, 2.45) is 5.92 Å². The SMILES string of the molecule is CCNC(CCCOC)C(OCC)C(C)C. The molecule has 0 aromatic heterocycles. The molecule has 0 bridgehead atoms. The van der Waals surface area contributed by atoms with E-state index in [1.165, 1.54) is 0 Å². The van der Waals surface area contributed by atoms with Crippen LogP contribution in [0.25, 0.3) is 0 Å². The number of likely N-dealkylation sites (N-methyl/N-ethyl adjacent to an activating group) is 1. The molecule has 0 amide bonds. The fourth-order valence-electron chi connectivity index (χ4n) is 2.06.